The number of amides is 1. The maximum atomic E-state index is 12.0. The molecule has 1 unspecified atom stereocenters. The summed E-state index contributed by atoms with van der Waals surface area (Å²) in [5.41, 5.74) is 2.07. The van der Waals surface area contributed by atoms with Crippen LogP contribution in [0.25, 0.3) is 10.2 Å². The van der Waals surface area contributed by atoms with E-state index in [4.69, 9.17) is 4.74 Å². The lowest BCUT2D eigenvalue weighted by atomic mass is 10.2. The minimum Gasteiger partial charge on any atom is -0.378 e. The predicted molar refractivity (Wildman–Crippen MR) is 82.8 cm³/mol. The molecule has 0 saturated carbocycles. The van der Waals surface area contributed by atoms with Crippen molar-refractivity contribution in [1.29, 1.82) is 0 Å². The van der Waals surface area contributed by atoms with E-state index in [2.05, 4.69) is 15.6 Å². The van der Waals surface area contributed by atoms with E-state index < -0.39 is 0 Å². The number of hydrogen-bond donors (Lipinski definition) is 2. The summed E-state index contributed by atoms with van der Waals surface area (Å²) >= 11 is 1.49. The summed E-state index contributed by atoms with van der Waals surface area (Å²) < 4.78 is 6.36. The zero-order valence-electron chi connectivity index (χ0n) is 11.0. The summed E-state index contributed by atoms with van der Waals surface area (Å²) in [4.78, 5) is 16.5. The van der Waals surface area contributed by atoms with Gasteiger partial charge < -0.3 is 15.4 Å². The van der Waals surface area contributed by atoms with Crippen LogP contribution in [-0.2, 0) is 9.53 Å². The van der Waals surface area contributed by atoms with Gasteiger partial charge in [0.15, 0.2) is 5.13 Å². The molecule has 5 nitrogen and oxygen atoms in total. The van der Waals surface area contributed by atoms with Crippen molar-refractivity contribution in [2.24, 2.45) is 0 Å². The van der Waals surface area contributed by atoms with Crippen molar-refractivity contribution in [1.82, 2.24) is 10.3 Å². The van der Waals surface area contributed by atoms with Crippen molar-refractivity contribution in [2.45, 2.75) is 13.0 Å². The van der Waals surface area contributed by atoms with E-state index in [1.54, 1.807) is 0 Å². The predicted octanol–water partition coefficient (Wildman–Crippen LogP) is 1.95. The van der Waals surface area contributed by atoms with Crippen LogP contribution in [0.3, 0.4) is 0 Å². The molecule has 1 fully saturated rings. The molecule has 0 radical (unpaired) electrons. The lowest BCUT2D eigenvalue weighted by Crippen LogP contribution is -2.48. The van der Waals surface area contributed by atoms with Gasteiger partial charge in [0, 0.05) is 6.54 Å². The fourth-order valence-corrected chi connectivity index (χ4v) is 3.01. The van der Waals surface area contributed by atoms with Crippen LogP contribution in [-0.4, -0.2) is 36.7 Å². The zero-order valence-corrected chi connectivity index (χ0v) is 12.6. The van der Waals surface area contributed by atoms with Crippen LogP contribution in [0.15, 0.2) is 18.2 Å². The number of rotatable bonds is 2. The molecule has 0 aliphatic carbocycles. The Bertz CT molecular complexity index is 611. The molecule has 0 bridgehead atoms. The molecule has 7 heteroatoms. The van der Waals surface area contributed by atoms with E-state index in [1.165, 1.54) is 11.3 Å². The van der Waals surface area contributed by atoms with Gasteiger partial charge in [0.1, 0.15) is 6.04 Å². The third kappa shape index (κ3) is 3.09. The molecular formula is C13H16ClN3O2S. The highest BCUT2D eigenvalue weighted by atomic mass is 35.5. The molecule has 2 N–H and O–H groups in total. The second kappa shape index (κ2) is 6.49. The maximum Gasteiger partial charge on any atom is 0.245 e. The SMILES string of the molecule is Cc1cccc2sc(NC(=O)C3COCCN3)nc12.Cl. The fraction of sp³-hybridized carbons (Fsp3) is 0.385. The molecule has 1 amide bonds. The summed E-state index contributed by atoms with van der Waals surface area (Å²) in [6.45, 7) is 3.79. The highest BCUT2D eigenvalue weighted by Crippen LogP contribution is 2.27. The van der Waals surface area contributed by atoms with Gasteiger partial charge in [-0.3, -0.25) is 4.79 Å². The molecule has 20 heavy (non-hydrogen) atoms. The van der Waals surface area contributed by atoms with E-state index in [0.717, 1.165) is 15.8 Å². The van der Waals surface area contributed by atoms with Crippen molar-refractivity contribution in [3.05, 3.63) is 23.8 Å². The minimum absolute atomic E-state index is 0. The number of benzene rings is 1. The normalized spacial score (nSPS) is 18.6. The standard InChI is InChI=1S/C13H15N3O2S.ClH/c1-8-3-2-4-10-11(8)15-13(19-10)16-12(17)9-7-18-6-5-14-9;/h2-4,9,14H,5-7H2,1H3,(H,15,16,17);1H. The van der Waals surface area contributed by atoms with Gasteiger partial charge in [0.2, 0.25) is 5.91 Å². The van der Waals surface area contributed by atoms with Crippen molar-refractivity contribution < 1.29 is 9.53 Å². The Kier molecular flexibility index (Phi) is 4.93. The Morgan fingerprint density at radius 3 is 3.10 bits per heavy atom. The summed E-state index contributed by atoms with van der Waals surface area (Å²) in [5.74, 6) is -0.0867. The van der Waals surface area contributed by atoms with Gasteiger partial charge in [0.25, 0.3) is 0 Å². The third-order valence-corrected chi connectivity index (χ3v) is 4.03. The van der Waals surface area contributed by atoms with E-state index in [-0.39, 0.29) is 24.4 Å². The van der Waals surface area contributed by atoms with Gasteiger partial charge in [-0.2, -0.15) is 0 Å². The number of ether oxygens (including phenoxy) is 1. The number of hydrogen-bond acceptors (Lipinski definition) is 5. The van der Waals surface area contributed by atoms with Crippen molar-refractivity contribution in [2.75, 3.05) is 25.1 Å². The summed E-state index contributed by atoms with van der Waals surface area (Å²) in [6, 6.07) is 5.74. The molecule has 2 aromatic rings. The molecule has 3 rings (SSSR count). The Hall–Kier alpha value is -1.21. The van der Waals surface area contributed by atoms with Gasteiger partial charge in [0.05, 0.1) is 23.4 Å². The summed E-state index contributed by atoms with van der Waals surface area (Å²) in [5, 5.41) is 6.62. The molecule has 108 valence electrons. The van der Waals surface area contributed by atoms with Crippen molar-refractivity contribution >= 4 is 45.0 Å². The number of thiazole rings is 1. The molecule has 1 saturated heterocycles. The third-order valence-electron chi connectivity index (χ3n) is 3.09. The Morgan fingerprint density at radius 2 is 2.40 bits per heavy atom. The van der Waals surface area contributed by atoms with E-state index in [0.29, 0.717) is 24.9 Å². The smallest absolute Gasteiger partial charge is 0.245 e. The number of aryl methyl sites for hydroxylation is 1. The second-order valence-corrected chi connectivity index (χ2v) is 5.54. The van der Waals surface area contributed by atoms with Crippen LogP contribution in [0, 0.1) is 6.92 Å². The summed E-state index contributed by atoms with van der Waals surface area (Å²) in [6.07, 6.45) is 0. The second-order valence-electron chi connectivity index (χ2n) is 4.51. The molecule has 1 atom stereocenters. The number of fused-ring (bicyclic) bond motifs is 1. The maximum absolute atomic E-state index is 12.0. The van der Waals surface area contributed by atoms with Crippen molar-refractivity contribution in [3.63, 3.8) is 0 Å². The first-order valence-corrected chi connectivity index (χ1v) is 7.04. The quantitative estimate of drug-likeness (QED) is 0.889. The zero-order chi connectivity index (χ0) is 13.2. The molecule has 1 aliphatic rings. The number of aromatic nitrogens is 1. The van der Waals surface area contributed by atoms with Crippen LogP contribution in [0.5, 0.6) is 0 Å². The molecule has 1 aromatic carbocycles. The van der Waals surface area contributed by atoms with Gasteiger partial charge in [-0.1, -0.05) is 23.5 Å². The molecule has 1 aromatic heterocycles. The number of halogens is 1. The number of carbonyl (C=O) groups excluding carboxylic acids is 1. The fourth-order valence-electron chi connectivity index (χ4n) is 2.07. The number of anilines is 1. The molecule has 0 spiro atoms. The average molecular weight is 314 g/mol. The number of nitrogens with zero attached hydrogens (tertiary/aromatic N) is 1. The minimum atomic E-state index is -0.290. The highest BCUT2D eigenvalue weighted by molar-refractivity contribution is 7.22. The number of nitrogens with one attached hydrogen (secondary N) is 2. The van der Waals surface area contributed by atoms with E-state index in [9.17, 15) is 4.79 Å². The van der Waals surface area contributed by atoms with Crippen LogP contribution < -0.4 is 10.6 Å². The first kappa shape index (κ1) is 15.2. The lowest BCUT2D eigenvalue weighted by Gasteiger charge is -2.22. The topological polar surface area (TPSA) is 63.2 Å². The number of carbonyl (C=O) groups is 1. The van der Waals surface area contributed by atoms with Gasteiger partial charge in [-0.15, -0.1) is 12.4 Å². The van der Waals surface area contributed by atoms with Crippen LogP contribution in [0.1, 0.15) is 5.56 Å². The van der Waals surface area contributed by atoms with E-state index in [1.807, 2.05) is 25.1 Å². The monoisotopic (exact) mass is 313 g/mol. The number of para-hydroxylation sites is 1. The Morgan fingerprint density at radius 1 is 1.55 bits per heavy atom. The first-order valence-electron chi connectivity index (χ1n) is 6.22. The number of morpholine rings is 1. The average Bonchev–Trinajstić information content (AvgIpc) is 2.84. The first-order chi connectivity index (χ1) is 9.24. The molecular weight excluding hydrogens is 298 g/mol. The van der Waals surface area contributed by atoms with Gasteiger partial charge >= 0.3 is 0 Å². The molecule has 2 heterocycles. The molecule has 1 aliphatic heterocycles. The van der Waals surface area contributed by atoms with Gasteiger partial charge in [-0.05, 0) is 18.6 Å². The Balaban J connectivity index is 0.00000147. The van der Waals surface area contributed by atoms with Crippen LogP contribution in [0.4, 0.5) is 5.13 Å². The van der Waals surface area contributed by atoms with Crippen LogP contribution in [0.2, 0.25) is 0 Å². The van der Waals surface area contributed by atoms with Gasteiger partial charge in [-0.25, -0.2) is 4.98 Å². The van der Waals surface area contributed by atoms with Crippen LogP contribution >= 0.6 is 23.7 Å². The lowest BCUT2D eigenvalue weighted by molar-refractivity contribution is -0.120. The van der Waals surface area contributed by atoms with Crippen molar-refractivity contribution in [3.8, 4) is 0 Å². The Labute approximate surface area is 127 Å². The highest BCUT2D eigenvalue weighted by Gasteiger charge is 2.22. The van der Waals surface area contributed by atoms with E-state index >= 15 is 0 Å². The largest absolute Gasteiger partial charge is 0.378 e. The summed E-state index contributed by atoms with van der Waals surface area (Å²) in [7, 11) is 0.